The molecular formula is C13H11NO5S. The molecule has 1 aromatic carbocycles. The van der Waals surface area contributed by atoms with E-state index in [-0.39, 0.29) is 16.0 Å². The quantitative estimate of drug-likeness (QED) is 0.828. The van der Waals surface area contributed by atoms with Crippen LogP contribution < -0.4 is 0 Å². The molecule has 20 heavy (non-hydrogen) atoms. The lowest BCUT2D eigenvalue weighted by Gasteiger charge is -2.22. The highest BCUT2D eigenvalue weighted by molar-refractivity contribution is 7.90. The molecule has 0 saturated carbocycles. The Balaban J connectivity index is 2.13. The van der Waals surface area contributed by atoms with Gasteiger partial charge in [0.2, 0.25) is 0 Å². The third kappa shape index (κ3) is 1.66. The highest BCUT2D eigenvalue weighted by Gasteiger charge is 2.45. The average molecular weight is 293 g/mol. The van der Waals surface area contributed by atoms with Gasteiger partial charge in [0.1, 0.15) is 4.90 Å². The van der Waals surface area contributed by atoms with Crippen molar-refractivity contribution in [2.75, 3.05) is 0 Å². The number of fused-ring (bicyclic) bond motifs is 1. The number of amides is 1. The van der Waals surface area contributed by atoms with Crippen LogP contribution in [-0.4, -0.2) is 35.7 Å². The van der Waals surface area contributed by atoms with Crippen molar-refractivity contribution in [1.82, 2.24) is 4.31 Å². The molecule has 1 N–H and O–H groups in total. The van der Waals surface area contributed by atoms with E-state index in [2.05, 4.69) is 0 Å². The largest absolute Gasteiger partial charge is 0.478 e. The molecular weight excluding hydrogens is 282 g/mol. The molecule has 1 amide bonds. The van der Waals surface area contributed by atoms with Gasteiger partial charge in [-0.2, -0.15) is 0 Å². The van der Waals surface area contributed by atoms with Crippen molar-refractivity contribution in [3.8, 4) is 0 Å². The minimum atomic E-state index is -3.95. The molecule has 0 unspecified atom stereocenters. The maximum Gasteiger partial charge on any atom is 0.335 e. The van der Waals surface area contributed by atoms with E-state index in [1.165, 1.54) is 12.1 Å². The molecule has 0 saturated heterocycles. The fourth-order valence-corrected chi connectivity index (χ4v) is 4.34. The molecule has 0 radical (unpaired) electrons. The number of benzene rings is 1. The van der Waals surface area contributed by atoms with E-state index in [1.54, 1.807) is 0 Å². The zero-order valence-electron chi connectivity index (χ0n) is 10.3. The second kappa shape index (κ2) is 4.17. The summed E-state index contributed by atoms with van der Waals surface area (Å²) in [6.07, 6.45) is 4.65. The number of nitrogens with zero attached hydrogens (tertiary/aromatic N) is 1. The molecule has 1 aliphatic carbocycles. The molecule has 1 aliphatic heterocycles. The minimum Gasteiger partial charge on any atom is -0.478 e. The molecule has 1 aromatic rings. The molecule has 0 aromatic heterocycles. The van der Waals surface area contributed by atoms with Crippen LogP contribution in [0.1, 0.15) is 33.6 Å². The lowest BCUT2D eigenvalue weighted by Crippen LogP contribution is -2.38. The lowest BCUT2D eigenvalue weighted by atomic mass is 10.1. The first-order valence-electron chi connectivity index (χ1n) is 6.04. The van der Waals surface area contributed by atoms with E-state index in [4.69, 9.17) is 5.11 Å². The smallest absolute Gasteiger partial charge is 0.335 e. The fourth-order valence-electron chi connectivity index (χ4n) is 2.54. The van der Waals surface area contributed by atoms with Crippen molar-refractivity contribution in [2.24, 2.45) is 0 Å². The van der Waals surface area contributed by atoms with Crippen LogP contribution in [0.2, 0.25) is 0 Å². The molecule has 0 atom stereocenters. The van der Waals surface area contributed by atoms with Crippen molar-refractivity contribution in [1.29, 1.82) is 0 Å². The Morgan fingerprint density at radius 1 is 1.25 bits per heavy atom. The number of sulfonamides is 1. The van der Waals surface area contributed by atoms with Gasteiger partial charge < -0.3 is 5.11 Å². The molecule has 7 heteroatoms. The van der Waals surface area contributed by atoms with E-state index in [0.717, 1.165) is 10.4 Å². The van der Waals surface area contributed by atoms with Gasteiger partial charge in [0.05, 0.1) is 17.2 Å². The number of carbonyl (C=O) groups is 2. The minimum absolute atomic E-state index is 0.0434. The van der Waals surface area contributed by atoms with Gasteiger partial charge in [-0.15, -0.1) is 0 Å². The molecule has 104 valence electrons. The van der Waals surface area contributed by atoms with E-state index in [9.17, 15) is 18.0 Å². The maximum atomic E-state index is 12.4. The van der Waals surface area contributed by atoms with Gasteiger partial charge in [-0.25, -0.2) is 17.5 Å². The van der Waals surface area contributed by atoms with Gasteiger partial charge in [-0.3, -0.25) is 4.79 Å². The summed E-state index contributed by atoms with van der Waals surface area (Å²) in [5.74, 6) is -1.80. The van der Waals surface area contributed by atoms with E-state index >= 15 is 0 Å². The second-order valence-corrected chi connectivity index (χ2v) is 6.50. The predicted molar refractivity (Wildman–Crippen MR) is 68.9 cm³/mol. The van der Waals surface area contributed by atoms with Crippen molar-refractivity contribution >= 4 is 21.9 Å². The third-order valence-corrected chi connectivity index (χ3v) is 5.39. The predicted octanol–water partition coefficient (Wildman–Crippen LogP) is 1.25. The topological polar surface area (TPSA) is 91.8 Å². The molecule has 6 nitrogen and oxygen atoms in total. The molecule has 2 aliphatic rings. The Morgan fingerprint density at radius 3 is 2.50 bits per heavy atom. The van der Waals surface area contributed by atoms with Crippen LogP contribution in [0, 0.1) is 0 Å². The lowest BCUT2D eigenvalue weighted by molar-refractivity contribution is 0.0695. The van der Waals surface area contributed by atoms with Crippen LogP contribution in [0.25, 0.3) is 0 Å². The Kier molecular flexibility index (Phi) is 2.68. The van der Waals surface area contributed by atoms with E-state index < -0.39 is 27.9 Å². The summed E-state index contributed by atoms with van der Waals surface area (Å²) < 4.78 is 25.8. The van der Waals surface area contributed by atoms with Gasteiger partial charge in [0.15, 0.2) is 0 Å². The van der Waals surface area contributed by atoms with Crippen molar-refractivity contribution in [3.63, 3.8) is 0 Å². The molecule has 0 fully saturated rings. The Morgan fingerprint density at radius 2 is 1.90 bits per heavy atom. The van der Waals surface area contributed by atoms with Crippen LogP contribution in [0.5, 0.6) is 0 Å². The third-order valence-electron chi connectivity index (χ3n) is 3.51. The first-order valence-corrected chi connectivity index (χ1v) is 7.48. The highest BCUT2D eigenvalue weighted by atomic mass is 32.2. The van der Waals surface area contributed by atoms with Gasteiger partial charge in [0.25, 0.3) is 15.9 Å². The van der Waals surface area contributed by atoms with Gasteiger partial charge >= 0.3 is 5.97 Å². The Hall–Kier alpha value is -2.15. The maximum absolute atomic E-state index is 12.4. The summed E-state index contributed by atoms with van der Waals surface area (Å²) in [6, 6.07) is 3.15. The zero-order valence-corrected chi connectivity index (χ0v) is 11.1. The summed E-state index contributed by atoms with van der Waals surface area (Å²) in [5.41, 5.74) is -0.103. The first-order chi connectivity index (χ1) is 9.43. The number of aromatic carboxylic acids is 1. The van der Waals surface area contributed by atoms with Crippen LogP contribution in [0.4, 0.5) is 0 Å². The summed E-state index contributed by atoms with van der Waals surface area (Å²) in [7, 11) is -3.95. The number of carboxylic acid groups (broad SMARTS) is 1. The number of carboxylic acids is 1. The molecule has 0 spiro atoms. The number of hydrogen-bond acceptors (Lipinski definition) is 4. The molecule has 0 bridgehead atoms. The summed E-state index contributed by atoms with van der Waals surface area (Å²) in [6.45, 7) is 0. The van der Waals surface area contributed by atoms with Crippen LogP contribution in [0.3, 0.4) is 0 Å². The summed E-state index contributed by atoms with van der Waals surface area (Å²) in [5, 5.41) is 8.93. The normalized spacial score (nSPS) is 20.4. The standard InChI is InChI=1S/C13H11NO5S/c15-12-10-6-5-8(13(16)17)7-11(10)20(18,19)14(12)9-3-1-2-4-9/h1-2,5-7,9H,3-4H2,(H,16,17). The molecule has 1 heterocycles. The monoisotopic (exact) mass is 293 g/mol. The van der Waals surface area contributed by atoms with Crippen LogP contribution in [-0.2, 0) is 10.0 Å². The van der Waals surface area contributed by atoms with Gasteiger partial charge in [-0.1, -0.05) is 12.2 Å². The Labute approximate surface area is 115 Å². The SMILES string of the molecule is O=C(O)c1ccc2c(c1)S(=O)(=O)N(C1CC=CC1)C2=O. The van der Waals surface area contributed by atoms with Gasteiger partial charge in [0, 0.05) is 0 Å². The molecule has 3 rings (SSSR count). The van der Waals surface area contributed by atoms with Gasteiger partial charge in [-0.05, 0) is 31.0 Å². The van der Waals surface area contributed by atoms with E-state index in [0.29, 0.717) is 12.8 Å². The van der Waals surface area contributed by atoms with Crippen molar-refractivity contribution in [2.45, 2.75) is 23.8 Å². The second-order valence-electron chi connectivity index (χ2n) is 4.72. The number of hydrogen-bond donors (Lipinski definition) is 1. The summed E-state index contributed by atoms with van der Waals surface area (Å²) >= 11 is 0. The first kappa shape index (κ1) is 12.9. The van der Waals surface area contributed by atoms with Crippen LogP contribution in [0.15, 0.2) is 35.2 Å². The van der Waals surface area contributed by atoms with Crippen LogP contribution >= 0.6 is 0 Å². The zero-order chi connectivity index (χ0) is 14.5. The van der Waals surface area contributed by atoms with Crippen molar-refractivity contribution < 1.29 is 23.1 Å². The Bertz CT molecular complexity index is 742. The van der Waals surface area contributed by atoms with Crippen molar-refractivity contribution in [3.05, 3.63) is 41.5 Å². The summed E-state index contributed by atoms with van der Waals surface area (Å²) in [4.78, 5) is 23.0. The number of carbonyl (C=O) groups excluding carboxylic acids is 1. The fraction of sp³-hybridized carbons (Fsp3) is 0.231. The number of rotatable bonds is 2. The highest BCUT2D eigenvalue weighted by Crippen LogP contribution is 2.35. The average Bonchev–Trinajstić information content (AvgIpc) is 2.96. The van der Waals surface area contributed by atoms with E-state index in [1.807, 2.05) is 12.2 Å².